The quantitative estimate of drug-likeness (QED) is 0.330. The fourth-order valence-electron chi connectivity index (χ4n) is 3.27. The lowest BCUT2D eigenvalue weighted by atomic mass is 9.89. The van der Waals surface area contributed by atoms with Crippen LogP contribution < -0.4 is 0 Å². The van der Waals surface area contributed by atoms with Gasteiger partial charge in [-0.15, -0.1) is 0 Å². The van der Waals surface area contributed by atoms with Crippen molar-refractivity contribution in [3.63, 3.8) is 0 Å². The molecule has 0 aliphatic carbocycles. The van der Waals surface area contributed by atoms with Gasteiger partial charge in [0.05, 0.1) is 0 Å². The van der Waals surface area contributed by atoms with Gasteiger partial charge in [-0.25, -0.2) is 0 Å². The number of benzene rings is 1. The van der Waals surface area contributed by atoms with E-state index in [-0.39, 0.29) is 0 Å². The van der Waals surface area contributed by atoms with Crippen LogP contribution in [0.25, 0.3) is 0 Å². The third-order valence-corrected chi connectivity index (χ3v) is 5.41. The Kier molecular flexibility index (Phi) is 9.49. The van der Waals surface area contributed by atoms with E-state index in [4.69, 9.17) is 4.99 Å². The highest BCUT2D eigenvalue weighted by Crippen LogP contribution is 2.24. The zero-order valence-electron chi connectivity index (χ0n) is 19.0. The smallest absolute Gasteiger partial charge is 0.0378 e. The summed E-state index contributed by atoms with van der Waals surface area (Å²) in [5, 5.41) is 0. The predicted octanol–water partition coefficient (Wildman–Crippen LogP) is 7.73. The van der Waals surface area contributed by atoms with Crippen molar-refractivity contribution in [2.75, 3.05) is 0 Å². The Labute approximate surface area is 168 Å². The van der Waals surface area contributed by atoms with Crippen LogP contribution in [0.15, 0.2) is 63.8 Å². The normalized spacial score (nSPS) is 15.9. The molecule has 1 rings (SSSR count). The highest BCUT2D eigenvalue weighted by Gasteiger charge is 2.12. The standard InChI is InChI=1S/C26H39N/c1-10-19(4)20(5)16-22(7)27-24(9)23(8)21(6)17-26-14-12-11-13-25(26)15-18(2)3/h10-14,16,18,21H,15,17H2,1-9H3/b19-10-,20-16-,24-23+,27-22+. The predicted molar refractivity (Wildman–Crippen MR) is 123 cm³/mol. The number of nitrogens with zero attached hydrogens (tertiary/aromatic N) is 1. The molecule has 0 radical (unpaired) electrons. The van der Waals surface area contributed by atoms with E-state index < -0.39 is 0 Å². The van der Waals surface area contributed by atoms with Crippen LogP contribution in [0.5, 0.6) is 0 Å². The Morgan fingerprint density at radius 2 is 1.44 bits per heavy atom. The van der Waals surface area contributed by atoms with E-state index in [1.807, 2.05) is 0 Å². The molecule has 1 atom stereocenters. The van der Waals surface area contributed by atoms with Crippen LogP contribution in [0.4, 0.5) is 0 Å². The molecule has 148 valence electrons. The third-order valence-electron chi connectivity index (χ3n) is 5.41. The molecule has 0 aliphatic heterocycles. The molecular formula is C26H39N. The Hall–Kier alpha value is -1.89. The molecule has 0 aliphatic rings. The number of aliphatic imine (C=N–C) groups is 1. The van der Waals surface area contributed by atoms with Gasteiger partial charge in [-0.05, 0) is 94.6 Å². The Morgan fingerprint density at radius 3 is 1.96 bits per heavy atom. The summed E-state index contributed by atoms with van der Waals surface area (Å²) < 4.78 is 0. The molecule has 27 heavy (non-hydrogen) atoms. The summed E-state index contributed by atoms with van der Waals surface area (Å²) in [5.41, 5.74) is 9.14. The van der Waals surface area contributed by atoms with E-state index in [9.17, 15) is 0 Å². The molecular weight excluding hydrogens is 326 g/mol. The Morgan fingerprint density at radius 1 is 0.889 bits per heavy atom. The summed E-state index contributed by atoms with van der Waals surface area (Å²) in [6.07, 6.45) is 6.54. The molecule has 0 heterocycles. The van der Waals surface area contributed by atoms with Gasteiger partial charge < -0.3 is 0 Å². The molecule has 0 amide bonds. The summed E-state index contributed by atoms with van der Waals surface area (Å²) >= 11 is 0. The molecule has 0 bridgehead atoms. The van der Waals surface area contributed by atoms with Crippen molar-refractivity contribution in [1.82, 2.24) is 0 Å². The van der Waals surface area contributed by atoms with Crippen molar-refractivity contribution in [3.05, 3.63) is 70.0 Å². The maximum absolute atomic E-state index is 4.86. The fraction of sp³-hybridized carbons (Fsp3) is 0.500. The topological polar surface area (TPSA) is 12.4 Å². The molecule has 1 heteroatoms. The second-order valence-electron chi connectivity index (χ2n) is 8.29. The number of rotatable bonds is 8. The first-order valence-corrected chi connectivity index (χ1v) is 10.3. The zero-order chi connectivity index (χ0) is 20.6. The van der Waals surface area contributed by atoms with Gasteiger partial charge in [0.25, 0.3) is 0 Å². The lowest BCUT2D eigenvalue weighted by Gasteiger charge is -2.18. The van der Waals surface area contributed by atoms with Gasteiger partial charge in [-0.2, -0.15) is 0 Å². The lowest BCUT2D eigenvalue weighted by Crippen LogP contribution is -2.07. The number of hydrogen-bond donors (Lipinski definition) is 0. The van der Waals surface area contributed by atoms with E-state index in [1.165, 1.54) is 27.8 Å². The van der Waals surface area contributed by atoms with Crippen LogP contribution in [-0.2, 0) is 12.8 Å². The first-order valence-electron chi connectivity index (χ1n) is 10.3. The van der Waals surface area contributed by atoms with Crippen molar-refractivity contribution in [3.8, 4) is 0 Å². The summed E-state index contributed by atoms with van der Waals surface area (Å²) in [5.74, 6) is 1.17. The van der Waals surface area contributed by atoms with Crippen LogP contribution in [0.2, 0.25) is 0 Å². The van der Waals surface area contributed by atoms with Gasteiger partial charge in [0.2, 0.25) is 0 Å². The molecule has 0 N–H and O–H groups in total. The first kappa shape index (κ1) is 23.1. The van der Waals surface area contributed by atoms with E-state index in [2.05, 4.69) is 98.7 Å². The molecule has 0 saturated carbocycles. The minimum absolute atomic E-state index is 0.484. The van der Waals surface area contributed by atoms with E-state index in [0.29, 0.717) is 11.8 Å². The molecule has 0 saturated heterocycles. The highest BCUT2D eigenvalue weighted by atomic mass is 14.7. The maximum Gasteiger partial charge on any atom is 0.0378 e. The van der Waals surface area contributed by atoms with Crippen molar-refractivity contribution in [2.45, 2.75) is 75.2 Å². The Bertz CT molecular complexity index is 741. The van der Waals surface area contributed by atoms with Crippen LogP contribution in [-0.4, -0.2) is 5.71 Å². The monoisotopic (exact) mass is 365 g/mol. The molecule has 0 spiro atoms. The van der Waals surface area contributed by atoms with Crippen LogP contribution in [0.3, 0.4) is 0 Å². The number of allylic oxidation sites excluding steroid dienone is 6. The first-order chi connectivity index (χ1) is 12.6. The maximum atomic E-state index is 4.86. The van der Waals surface area contributed by atoms with Crippen LogP contribution >= 0.6 is 0 Å². The second-order valence-corrected chi connectivity index (χ2v) is 8.29. The molecule has 1 nitrogen and oxygen atoms in total. The molecule has 0 fully saturated rings. The van der Waals surface area contributed by atoms with E-state index >= 15 is 0 Å². The minimum atomic E-state index is 0.484. The fourth-order valence-corrected chi connectivity index (χ4v) is 3.27. The van der Waals surface area contributed by atoms with E-state index in [1.54, 1.807) is 0 Å². The SMILES string of the molecule is C\C=C(C)/C(C)=C\C(C)=N\C(C)=C(/C)C(C)Cc1ccccc1CC(C)C. The van der Waals surface area contributed by atoms with Crippen molar-refractivity contribution >= 4 is 5.71 Å². The van der Waals surface area contributed by atoms with Crippen molar-refractivity contribution in [1.29, 1.82) is 0 Å². The molecule has 1 aromatic rings. The molecule has 0 aromatic heterocycles. The Balaban J connectivity index is 3.00. The van der Waals surface area contributed by atoms with Gasteiger partial charge in [-0.3, -0.25) is 4.99 Å². The zero-order valence-corrected chi connectivity index (χ0v) is 19.0. The van der Waals surface area contributed by atoms with Crippen molar-refractivity contribution in [2.24, 2.45) is 16.8 Å². The summed E-state index contributed by atoms with van der Waals surface area (Å²) in [7, 11) is 0. The highest BCUT2D eigenvalue weighted by molar-refractivity contribution is 5.94. The third kappa shape index (κ3) is 7.71. The second kappa shape index (κ2) is 11.1. The van der Waals surface area contributed by atoms with Gasteiger partial charge in [-0.1, -0.05) is 56.7 Å². The lowest BCUT2D eigenvalue weighted by molar-refractivity contribution is 0.624. The van der Waals surface area contributed by atoms with Crippen LogP contribution in [0.1, 0.15) is 73.4 Å². The van der Waals surface area contributed by atoms with Crippen molar-refractivity contribution < 1.29 is 0 Å². The minimum Gasteiger partial charge on any atom is -0.259 e. The largest absolute Gasteiger partial charge is 0.259 e. The van der Waals surface area contributed by atoms with Gasteiger partial charge in [0.15, 0.2) is 0 Å². The summed E-state index contributed by atoms with van der Waals surface area (Å²) in [4.78, 5) is 4.86. The molecule has 1 unspecified atom stereocenters. The van der Waals surface area contributed by atoms with E-state index in [0.717, 1.165) is 24.3 Å². The average molecular weight is 366 g/mol. The van der Waals surface area contributed by atoms with Gasteiger partial charge >= 0.3 is 0 Å². The average Bonchev–Trinajstić information content (AvgIpc) is 2.61. The number of hydrogen-bond acceptors (Lipinski definition) is 1. The summed E-state index contributed by atoms with van der Waals surface area (Å²) in [6.45, 7) is 19.7. The van der Waals surface area contributed by atoms with Gasteiger partial charge in [0, 0.05) is 11.4 Å². The summed E-state index contributed by atoms with van der Waals surface area (Å²) in [6, 6.07) is 8.90. The molecule has 1 aromatic carbocycles. The van der Waals surface area contributed by atoms with Crippen LogP contribution in [0, 0.1) is 11.8 Å². The van der Waals surface area contributed by atoms with Gasteiger partial charge in [0.1, 0.15) is 0 Å².